The zero-order valence-electron chi connectivity index (χ0n) is 14.7. The molecule has 2 aliphatic rings. The molecule has 1 aromatic rings. The third kappa shape index (κ3) is 4.35. The van der Waals surface area contributed by atoms with Crippen molar-refractivity contribution >= 4 is 22.6 Å². The molecule has 0 bridgehead atoms. The molecule has 2 fully saturated rings. The van der Waals surface area contributed by atoms with Crippen molar-refractivity contribution in [2.24, 2.45) is 11.7 Å². The number of hydrogen-bond donors (Lipinski definition) is 1. The van der Waals surface area contributed by atoms with Crippen molar-refractivity contribution in [1.29, 1.82) is 0 Å². The van der Waals surface area contributed by atoms with Crippen molar-refractivity contribution in [2.75, 3.05) is 32.7 Å². The van der Waals surface area contributed by atoms with Gasteiger partial charge >= 0.3 is 0 Å². The van der Waals surface area contributed by atoms with Crippen molar-refractivity contribution in [1.82, 2.24) is 8.61 Å². The van der Waals surface area contributed by atoms with Gasteiger partial charge < -0.3 is 10.5 Å². The zero-order valence-corrected chi connectivity index (χ0v) is 16.4. The molecule has 2 unspecified atom stereocenters. The lowest BCUT2D eigenvalue weighted by Gasteiger charge is -2.36. The normalized spacial score (nSPS) is 31.6. The van der Waals surface area contributed by atoms with Gasteiger partial charge in [0.2, 0.25) is 0 Å². The monoisotopic (exact) mass is 389 g/mol. The lowest BCUT2D eigenvalue weighted by molar-refractivity contribution is -0.0453. The fourth-order valence-corrected chi connectivity index (χ4v) is 5.67. The molecule has 6 nitrogen and oxygen atoms in total. The Bertz CT molecular complexity index is 648. The molecule has 1 aromatic carbocycles. The fourth-order valence-electron chi connectivity index (χ4n) is 3.82. The Balaban J connectivity index is 0.00000225. The summed E-state index contributed by atoms with van der Waals surface area (Å²) in [5, 5.41) is 0. The van der Waals surface area contributed by atoms with E-state index in [1.807, 2.05) is 32.0 Å². The highest BCUT2D eigenvalue weighted by Crippen LogP contribution is 2.34. The number of hydrogen-bond acceptors (Lipinski definition) is 4. The Morgan fingerprint density at radius 2 is 1.60 bits per heavy atom. The first-order chi connectivity index (χ1) is 11.4. The number of benzene rings is 1. The van der Waals surface area contributed by atoms with Gasteiger partial charge in [-0.15, -0.1) is 12.4 Å². The largest absolute Gasteiger partial charge is 0.373 e. The molecule has 4 atom stereocenters. The third-order valence-electron chi connectivity index (χ3n) is 4.98. The summed E-state index contributed by atoms with van der Waals surface area (Å²) < 4.78 is 35.0. The topological polar surface area (TPSA) is 75.9 Å². The standard InChI is InChI=1S/C17H27N3O3S.ClH/c1-13-9-19(10-14(2)23-13)24(21,22)20-11-16(8-18)17(12-20)15-6-4-3-5-7-15;/h3-7,13-14,16-17H,8-12,18H2,1-2H3;1H/t13?,14?,16-,17+;/m1./s1. The van der Waals surface area contributed by atoms with Gasteiger partial charge in [0, 0.05) is 32.1 Å². The van der Waals surface area contributed by atoms with Crippen LogP contribution >= 0.6 is 12.4 Å². The van der Waals surface area contributed by atoms with Crippen LogP contribution in [0.1, 0.15) is 25.3 Å². The minimum Gasteiger partial charge on any atom is -0.373 e. The van der Waals surface area contributed by atoms with E-state index in [9.17, 15) is 8.42 Å². The van der Waals surface area contributed by atoms with Crippen LogP contribution in [0.4, 0.5) is 0 Å². The summed E-state index contributed by atoms with van der Waals surface area (Å²) in [7, 11) is -3.48. The van der Waals surface area contributed by atoms with Crippen LogP contribution in [0.25, 0.3) is 0 Å². The molecule has 0 aromatic heterocycles. The summed E-state index contributed by atoms with van der Waals surface area (Å²) in [6, 6.07) is 10.1. The van der Waals surface area contributed by atoms with E-state index in [0.717, 1.165) is 5.56 Å². The summed E-state index contributed by atoms with van der Waals surface area (Å²) in [5.74, 6) is 0.305. The highest BCUT2D eigenvalue weighted by Gasteiger charge is 2.42. The number of ether oxygens (including phenoxy) is 1. The molecule has 0 radical (unpaired) electrons. The summed E-state index contributed by atoms with van der Waals surface area (Å²) in [4.78, 5) is 0. The number of rotatable bonds is 4. The van der Waals surface area contributed by atoms with Gasteiger partial charge in [-0.1, -0.05) is 30.3 Å². The zero-order chi connectivity index (χ0) is 17.3. The number of nitrogens with zero attached hydrogens (tertiary/aromatic N) is 2. The first-order valence-electron chi connectivity index (χ1n) is 8.57. The van der Waals surface area contributed by atoms with Crippen LogP contribution in [0.3, 0.4) is 0 Å². The molecule has 2 saturated heterocycles. The maximum atomic E-state index is 13.1. The summed E-state index contributed by atoms with van der Waals surface area (Å²) in [5.41, 5.74) is 7.10. The second-order valence-corrected chi connectivity index (χ2v) is 8.84. The average molecular weight is 390 g/mol. The van der Waals surface area contributed by atoms with E-state index in [1.54, 1.807) is 8.61 Å². The lowest BCUT2D eigenvalue weighted by atomic mass is 9.89. The number of halogens is 1. The van der Waals surface area contributed by atoms with Crippen molar-refractivity contribution in [3.63, 3.8) is 0 Å². The van der Waals surface area contributed by atoms with Crippen molar-refractivity contribution in [2.45, 2.75) is 32.0 Å². The molecule has 142 valence electrons. The SMILES string of the molecule is CC1CN(S(=O)(=O)N2C[C@@H](CN)[C@H](c3ccccc3)C2)CC(C)O1.Cl. The molecule has 2 heterocycles. The first kappa shape index (κ1) is 20.6. The Morgan fingerprint density at radius 1 is 1.04 bits per heavy atom. The molecule has 8 heteroatoms. The highest BCUT2D eigenvalue weighted by molar-refractivity contribution is 7.86. The Morgan fingerprint density at radius 3 is 2.16 bits per heavy atom. The van der Waals surface area contributed by atoms with Gasteiger partial charge in [0.05, 0.1) is 12.2 Å². The Labute approximate surface area is 156 Å². The number of morpholine rings is 1. The highest BCUT2D eigenvalue weighted by atomic mass is 35.5. The second-order valence-electron chi connectivity index (χ2n) is 6.91. The second kappa shape index (κ2) is 8.33. The molecule has 2 N–H and O–H groups in total. The quantitative estimate of drug-likeness (QED) is 0.845. The van der Waals surface area contributed by atoms with Crippen LogP contribution in [0.15, 0.2) is 30.3 Å². The van der Waals surface area contributed by atoms with E-state index in [0.29, 0.717) is 32.7 Å². The third-order valence-corrected chi connectivity index (χ3v) is 6.88. The van der Waals surface area contributed by atoms with Crippen LogP contribution in [0, 0.1) is 5.92 Å². The van der Waals surface area contributed by atoms with Gasteiger partial charge in [0.15, 0.2) is 0 Å². The predicted molar refractivity (Wildman–Crippen MR) is 101 cm³/mol. The molecule has 2 aliphatic heterocycles. The van der Waals surface area contributed by atoms with Crippen molar-refractivity contribution < 1.29 is 13.2 Å². The molecule has 25 heavy (non-hydrogen) atoms. The maximum absolute atomic E-state index is 13.1. The molecule has 0 amide bonds. The molecule has 0 spiro atoms. The predicted octanol–water partition coefficient (Wildman–Crippen LogP) is 1.44. The lowest BCUT2D eigenvalue weighted by Crippen LogP contribution is -2.52. The van der Waals surface area contributed by atoms with Crippen LogP contribution in [-0.2, 0) is 14.9 Å². The molecular weight excluding hydrogens is 362 g/mol. The molecule has 0 aliphatic carbocycles. The van der Waals surface area contributed by atoms with Gasteiger partial charge in [0.1, 0.15) is 0 Å². The molecular formula is C17H28ClN3O3S. The van der Waals surface area contributed by atoms with Crippen LogP contribution in [0.2, 0.25) is 0 Å². The average Bonchev–Trinajstić information content (AvgIpc) is 3.00. The van der Waals surface area contributed by atoms with Gasteiger partial charge in [-0.3, -0.25) is 0 Å². The van der Waals surface area contributed by atoms with Gasteiger partial charge in [0.25, 0.3) is 10.2 Å². The summed E-state index contributed by atoms with van der Waals surface area (Å²) in [6.45, 7) is 6.11. The fraction of sp³-hybridized carbons (Fsp3) is 0.647. The smallest absolute Gasteiger partial charge is 0.282 e. The van der Waals surface area contributed by atoms with E-state index in [4.69, 9.17) is 10.5 Å². The maximum Gasteiger partial charge on any atom is 0.282 e. The Hall–Kier alpha value is -0.700. The van der Waals surface area contributed by atoms with Gasteiger partial charge in [-0.25, -0.2) is 0 Å². The van der Waals surface area contributed by atoms with E-state index in [2.05, 4.69) is 12.1 Å². The minimum atomic E-state index is -3.48. The van der Waals surface area contributed by atoms with E-state index in [1.165, 1.54) is 0 Å². The summed E-state index contributed by atoms with van der Waals surface area (Å²) in [6.07, 6.45) is -0.164. The van der Waals surface area contributed by atoms with E-state index in [-0.39, 0.29) is 36.5 Å². The van der Waals surface area contributed by atoms with E-state index >= 15 is 0 Å². The number of nitrogens with two attached hydrogens (primary N) is 1. The van der Waals surface area contributed by atoms with Crippen LogP contribution < -0.4 is 5.73 Å². The van der Waals surface area contributed by atoms with E-state index < -0.39 is 10.2 Å². The van der Waals surface area contributed by atoms with Crippen molar-refractivity contribution in [3.8, 4) is 0 Å². The van der Waals surface area contributed by atoms with Gasteiger partial charge in [-0.2, -0.15) is 17.0 Å². The van der Waals surface area contributed by atoms with Crippen LogP contribution in [0.5, 0.6) is 0 Å². The minimum absolute atomic E-state index is 0. The molecule has 0 saturated carbocycles. The van der Waals surface area contributed by atoms with Crippen molar-refractivity contribution in [3.05, 3.63) is 35.9 Å². The van der Waals surface area contributed by atoms with Crippen LogP contribution in [-0.4, -0.2) is 62.0 Å². The first-order valence-corrected chi connectivity index (χ1v) is 9.97. The van der Waals surface area contributed by atoms with Gasteiger partial charge in [-0.05, 0) is 31.9 Å². The summed E-state index contributed by atoms with van der Waals surface area (Å²) >= 11 is 0. The molecule has 3 rings (SSSR count). The Kier molecular flexibility index (Phi) is 6.87.